The minimum Gasteiger partial charge on any atom is -0.326 e. The summed E-state index contributed by atoms with van der Waals surface area (Å²) < 4.78 is 1.47. The average Bonchev–Trinajstić information content (AvgIpc) is 2.97. The molecule has 5 nitrogen and oxygen atoms in total. The Balaban J connectivity index is 1.83. The van der Waals surface area contributed by atoms with E-state index in [1.807, 2.05) is 32.0 Å². The first kappa shape index (κ1) is 18.6. The topological polar surface area (TPSA) is 64.0 Å². The van der Waals surface area contributed by atoms with Gasteiger partial charge in [-0.05, 0) is 43.7 Å². The number of nitrogens with one attached hydrogen (secondary N) is 1. The molecular formula is C22H23N3O2. The van der Waals surface area contributed by atoms with Crippen LogP contribution in [-0.2, 0) is 11.2 Å². The Hall–Kier alpha value is -3.21. The second kappa shape index (κ2) is 7.99. The zero-order valence-electron chi connectivity index (χ0n) is 15.8. The number of aryl methyl sites for hydroxylation is 1. The third kappa shape index (κ3) is 4.14. The molecule has 0 spiro atoms. The van der Waals surface area contributed by atoms with E-state index in [0.29, 0.717) is 17.7 Å². The Kier molecular flexibility index (Phi) is 5.50. The van der Waals surface area contributed by atoms with Gasteiger partial charge in [0.25, 0.3) is 5.91 Å². The SMILES string of the molecule is CCC(=O)Nc1ccc(C(=O)n2nc(C)c(Cc3ccccc3)c2C)cc1. The molecule has 3 rings (SSSR count). The van der Waals surface area contributed by atoms with Crippen molar-refractivity contribution in [3.05, 3.63) is 82.7 Å². The maximum atomic E-state index is 12.9. The molecule has 1 aromatic heterocycles. The zero-order chi connectivity index (χ0) is 19.4. The van der Waals surface area contributed by atoms with Gasteiger partial charge in [0.1, 0.15) is 0 Å². The van der Waals surface area contributed by atoms with Crippen LogP contribution in [0.2, 0.25) is 0 Å². The average molecular weight is 361 g/mol. The molecule has 0 saturated heterocycles. The van der Waals surface area contributed by atoms with E-state index < -0.39 is 0 Å². The van der Waals surface area contributed by atoms with Crippen LogP contribution in [0.4, 0.5) is 5.69 Å². The third-order valence-electron chi connectivity index (χ3n) is 4.59. The highest BCUT2D eigenvalue weighted by molar-refractivity contribution is 5.97. The number of hydrogen-bond donors (Lipinski definition) is 1. The quantitative estimate of drug-likeness (QED) is 0.743. The van der Waals surface area contributed by atoms with Crippen molar-refractivity contribution in [3.8, 4) is 0 Å². The summed E-state index contributed by atoms with van der Waals surface area (Å²) in [5.41, 5.74) is 5.17. The summed E-state index contributed by atoms with van der Waals surface area (Å²) in [7, 11) is 0. The van der Waals surface area contributed by atoms with Crippen molar-refractivity contribution in [3.63, 3.8) is 0 Å². The molecule has 3 aromatic rings. The lowest BCUT2D eigenvalue weighted by Crippen LogP contribution is -2.16. The number of rotatable bonds is 5. The summed E-state index contributed by atoms with van der Waals surface area (Å²) in [5.74, 6) is -0.235. The van der Waals surface area contributed by atoms with E-state index in [0.717, 1.165) is 23.4 Å². The molecule has 0 fully saturated rings. The number of anilines is 1. The van der Waals surface area contributed by atoms with Crippen LogP contribution >= 0.6 is 0 Å². The van der Waals surface area contributed by atoms with Gasteiger partial charge in [-0.2, -0.15) is 5.10 Å². The molecule has 0 atom stereocenters. The normalized spacial score (nSPS) is 10.6. The fraction of sp³-hybridized carbons (Fsp3) is 0.227. The molecule has 0 aliphatic rings. The highest BCUT2D eigenvalue weighted by Crippen LogP contribution is 2.19. The largest absolute Gasteiger partial charge is 0.326 e. The van der Waals surface area contributed by atoms with Crippen molar-refractivity contribution in [2.45, 2.75) is 33.6 Å². The first-order valence-corrected chi connectivity index (χ1v) is 9.03. The van der Waals surface area contributed by atoms with E-state index in [1.165, 1.54) is 10.2 Å². The van der Waals surface area contributed by atoms with Gasteiger partial charge in [-0.1, -0.05) is 37.3 Å². The highest BCUT2D eigenvalue weighted by Gasteiger charge is 2.18. The molecule has 2 aromatic carbocycles. The molecule has 27 heavy (non-hydrogen) atoms. The number of amides is 1. The molecule has 0 aliphatic heterocycles. The number of hydrogen-bond acceptors (Lipinski definition) is 3. The third-order valence-corrected chi connectivity index (χ3v) is 4.59. The molecule has 0 saturated carbocycles. The minimum atomic E-state index is -0.178. The van der Waals surface area contributed by atoms with Gasteiger partial charge in [0.05, 0.1) is 5.69 Å². The summed E-state index contributed by atoms with van der Waals surface area (Å²) in [6.45, 7) is 5.65. The van der Waals surface area contributed by atoms with E-state index in [-0.39, 0.29) is 11.8 Å². The standard InChI is InChI=1S/C22H23N3O2/c1-4-21(26)23-19-12-10-18(11-13-19)22(27)25-16(3)20(15(2)24-25)14-17-8-6-5-7-9-17/h5-13H,4,14H2,1-3H3,(H,23,26). The van der Waals surface area contributed by atoms with Gasteiger partial charge in [-0.15, -0.1) is 0 Å². The first-order chi connectivity index (χ1) is 13.0. The summed E-state index contributed by atoms with van der Waals surface area (Å²) in [4.78, 5) is 24.4. The van der Waals surface area contributed by atoms with Crippen LogP contribution in [0.5, 0.6) is 0 Å². The van der Waals surface area contributed by atoms with Crippen molar-refractivity contribution < 1.29 is 9.59 Å². The lowest BCUT2D eigenvalue weighted by atomic mass is 10.0. The van der Waals surface area contributed by atoms with Crippen molar-refractivity contribution in [1.29, 1.82) is 0 Å². The van der Waals surface area contributed by atoms with Crippen LogP contribution in [0.3, 0.4) is 0 Å². The van der Waals surface area contributed by atoms with Crippen LogP contribution in [-0.4, -0.2) is 21.6 Å². The fourth-order valence-electron chi connectivity index (χ4n) is 3.00. The Morgan fingerprint density at radius 3 is 2.30 bits per heavy atom. The van der Waals surface area contributed by atoms with Crippen LogP contribution in [0, 0.1) is 13.8 Å². The minimum absolute atomic E-state index is 0.0572. The Morgan fingerprint density at radius 2 is 1.67 bits per heavy atom. The molecule has 5 heteroatoms. The Morgan fingerprint density at radius 1 is 1.00 bits per heavy atom. The van der Waals surface area contributed by atoms with Gasteiger partial charge in [0.2, 0.25) is 5.91 Å². The summed E-state index contributed by atoms with van der Waals surface area (Å²) in [5, 5.41) is 7.24. The predicted octanol–water partition coefficient (Wildman–Crippen LogP) is 4.13. The molecule has 0 aliphatic carbocycles. The van der Waals surface area contributed by atoms with E-state index in [9.17, 15) is 9.59 Å². The van der Waals surface area contributed by atoms with Crippen molar-refractivity contribution >= 4 is 17.5 Å². The second-order valence-electron chi connectivity index (χ2n) is 6.51. The summed E-state index contributed by atoms with van der Waals surface area (Å²) in [6, 6.07) is 17.0. The monoisotopic (exact) mass is 361 g/mol. The van der Waals surface area contributed by atoms with E-state index in [2.05, 4.69) is 22.5 Å². The number of carbonyl (C=O) groups excluding carboxylic acids is 2. The Bertz CT molecular complexity index is 957. The van der Waals surface area contributed by atoms with Gasteiger partial charge in [0.15, 0.2) is 0 Å². The molecule has 1 heterocycles. The van der Waals surface area contributed by atoms with E-state index >= 15 is 0 Å². The lowest BCUT2D eigenvalue weighted by Gasteiger charge is -2.07. The van der Waals surface area contributed by atoms with Crippen LogP contribution in [0.15, 0.2) is 54.6 Å². The van der Waals surface area contributed by atoms with Gasteiger partial charge < -0.3 is 5.32 Å². The first-order valence-electron chi connectivity index (χ1n) is 9.03. The zero-order valence-corrected chi connectivity index (χ0v) is 15.8. The molecular weight excluding hydrogens is 338 g/mol. The van der Waals surface area contributed by atoms with E-state index in [1.54, 1.807) is 31.2 Å². The Labute approximate surface area is 159 Å². The van der Waals surface area contributed by atoms with Gasteiger partial charge in [0, 0.05) is 35.3 Å². The fourth-order valence-corrected chi connectivity index (χ4v) is 3.00. The maximum absolute atomic E-state index is 12.9. The van der Waals surface area contributed by atoms with Crippen molar-refractivity contribution in [1.82, 2.24) is 9.78 Å². The van der Waals surface area contributed by atoms with Crippen LogP contribution in [0.25, 0.3) is 0 Å². The number of carbonyl (C=O) groups is 2. The number of benzene rings is 2. The number of aromatic nitrogens is 2. The predicted molar refractivity (Wildman–Crippen MR) is 106 cm³/mol. The molecule has 1 N–H and O–H groups in total. The molecule has 0 bridgehead atoms. The number of nitrogens with zero attached hydrogens (tertiary/aromatic N) is 2. The maximum Gasteiger partial charge on any atom is 0.278 e. The van der Waals surface area contributed by atoms with Gasteiger partial charge in [-0.3, -0.25) is 9.59 Å². The summed E-state index contributed by atoms with van der Waals surface area (Å²) >= 11 is 0. The van der Waals surface area contributed by atoms with Crippen molar-refractivity contribution in [2.75, 3.05) is 5.32 Å². The van der Waals surface area contributed by atoms with Crippen molar-refractivity contribution in [2.24, 2.45) is 0 Å². The van der Waals surface area contributed by atoms with Crippen LogP contribution < -0.4 is 5.32 Å². The van der Waals surface area contributed by atoms with Crippen LogP contribution in [0.1, 0.15) is 46.2 Å². The van der Waals surface area contributed by atoms with Gasteiger partial charge >= 0.3 is 0 Å². The molecule has 0 unspecified atom stereocenters. The highest BCUT2D eigenvalue weighted by atomic mass is 16.2. The smallest absolute Gasteiger partial charge is 0.278 e. The lowest BCUT2D eigenvalue weighted by molar-refractivity contribution is -0.115. The molecule has 138 valence electrons. The van der Waals surface area contributed by atoms with E-state index in [4.69, 9.17) is 0 Å². The molecule has 1 amide bonds. The summed E-state index contributed by atoms with van der Waals surface area (Å²) in [6.07, 6.45) is 1.16. The second-order valence-corrected chi connectivity index (χ2v) is 6.51. The van der Waals surface area contributed by atoms with Gasteiger partial charge in [-0.25, -0.2) is 4.68 Å². The molecule has 0 radical (unpaired) electrons.